The number of nitrogens with two attached hydrogens (primary N) is 9. The van der Waals surface area contributed by atoms with Gasteiger partial charge in [0.25, 0.3) is 0 Å². The summed E-state index contributed by atoms with van der Waals surface area (Å²) in [6, 6.07) is -15.3. The minimum absolute atomic E-state index is 0.00177. The van der Waals surface area contributed by atoms with E-state index in [1.165, 1.54) is 34.6 Å². The first-order valence-corrected chi connectivity index (χ1v) is 53.6. The fourth-order valence-corrected chi connectivity index (χ4v) is 16.1. The Morgan fingerprint density at radius 1 is 0.201 bits per heavy atom. The van der Waals surface area contributed by atoms with Gasteiger partial charge < -0.3 is 152 Å². The highest BCUT2D eigenvalue weighted by Gasteiger charge is 2.40. The van der Waals surface area contributed by atoms with Gasteiger partial charge in [0.05, 0.1) is 6.04 Å². The summed E-state index contributed by atoms with van der Waals surface area (Å²) in [5.74, 6) is -16.5. The number of hydrogen-bond acceptors (Lipinski definition) is 28. The van der Waals surface area contributed by atoms with Crippen molar-refractivity contribution in [1.82, 2.24) is 95.7 Å². The van der Waals surface area contributed by atoms with Gasteiger partial charge in [0.2, 0.25) is 106 Å². The topological polar surface area (TPSA) is 795 Å². The van der Waals surface area contributed by atoms with E-state index in [0.717, 1.165) is 5.56 Å². The van der Waals surface area contributed by atoms with Gasteiger partial charge >= 0.3 is 5.97 Å². The van der Waals surface area contributed by atoms with Gasteiger partial charge in [-0.2, -0.15) is 0 Å². The van der Waals surface area contributed by atoms with Gasteiger partial charge in [-0.3, -0.25) is 86.3 Å². The summed E-state index contributed by atoms with van der Waals surface area (Å²) in [6.45, 7) is 26.7. The van der Waals surface area contributed by atoms with Crippen LogP contribution in [-0.2, 0) is 97.5 Å². The van der Waals surface area contributed by atoms with Crippen LogP contribution in [0.1, 0.15) is 296 Å². The lowest BCUT2D eigenvalue weighted by Crippen LogP contribution is -2.61. The molecule has 0 aliphatic heterocycles. The molecule has 0 saturated carbocycles. The highest BCUT2D eigenvalue weighted by atomic mass is 16.4. The third-order valence-corrected chi connectivity index (χ3v) is 24.7. The summed E-state index contributed by atoms with van der Waals surface area (Å²) in [5, 5.41) is 58.1. The lowest BCUT2D eigenvalue weighted by atomic mass is 10.00. The number of benzene rings is 1. The van der Waals surface area contributed by atoms with E-state index in [0.29, 0.717) is 103 Å². The smallest absolute Gasteiger partial charge is 0.326 e. The molecule has 1 rings (SSSR count). The summed E-state index contributed by atoms with van der Waals surface area (Å²) in [7, 11) is 0. The molecule has 47 heteroatoms. The Bertz CT molecular complexity index is 4250. The van der Waals surface area contributed by atoms with E-state index in [4.69, 9.17) is 51.6 Å². The largest absolute Gasteiger partial charge is 0.480 e. The molecule has 0 radical (unpaired) electrons. The van der Waals surface area contributed by atoms with Crippen molar-refractivity contribution in [1.29, 1.82) is 0 Å². The van der Waals surface area contributed by atoms with Crippen LogP contribution >= 0.6 is 0 Å². The van der Waals surface area contributed by atoms with Crippen LogP contribution in [0.3, 0.4) is 0 Å². The lowest BCUT2D eigenvalue weighted by Gasteiger charge is -2.29. The maximum absolute atomic E-state index is 14.9. The van der Waals surface area contributed by atoms with Crippen molar-refractivity contribution < 1.29 is 96.2 Å². The van der Waals surface area contributed by atoms with Crippen LogP contribution in [0.4, 0.5) is 0 Å². The maximum Gasteiger partial charge on any atom is 0.326 e. The molecule has 0 aliphatic rings. The molecule has 1 aromatic carbocycles. The molecule has 1 aromatic rings. The molecule has 37 N–H and O–H groups in total. The van der Waals surface area contributed by atoms with E-state index >= 15 is 0 Å². The Kier molecular flexibility index (Phi) is 69.6. The number of carboxylic acid groups (broad SMARTS) is 1. The number of unbranched alkanes of at least 4 members (excludes halogenated alkanes) is 8. The molecule has 0 aromatic heterocycles. The molecule has 19 atom stereocenters. The SMILES string of the molecule is CC(C)C[C@H](NC(=O)[C@H](C)NC(=O)[C@H](CC(C)C)NC(=O)[C@H](CCCCN)NC(=O)[C@H](C)NC(=O)[C@H](CC(C)C)NC(=O)[C@H](CCCCN)NC(=O)[C@H](CCCCN)NC(=O)[C@H](CC(C)C)NC(=O)[C@H](CCCCN)NC(=O)[C@H](CCCCN)NC(=O)[C@H](C)NC(=O)[C@H](CC(C)C)NC(=O)[C@H](CCCCN)NC(=O)[C@H](CCCCN)NC(=O)[C@H](C)NC(=O)[C@@H](N)Cc1ccccc1)C(=O)N[C@@H](C)C(=O)N[C@@H](CCCCN)C(=O)O. The van der Waals surface area contributed by atoms with Crippen molar-refractivity contribution in [2.75, 3.05) is 52.4 Å². The van der Waals surface area contributed by atoms with Crippen molar-refractivity contribution in [3.8, 4) is 0 Å². The van der Waals surface area contributed by atoms with Crippen molar-refractivity contribution in [2.24, 2.45) is 81.2 Å². The number of carboxylic acids is 1. The predicted octanol–water partition coefficient (Wildman–Crippen LogP) is -2.27. The number of carbonyl (C=O) groups excluding carboxylic acids is 18. The number of rotatable bonds is 81. The zero-order valence-corrected chi connectivity index (χ0v) is 91.0. The monoisotopic (exact) mass is 2110 g/mol. The first kappa shape index (κ1) is 136. The molecule has 0 bridgehead atoms. The summed E-state index contributed by atoms with van der Waals surface area (Å²) in [6.07, 6.45) is 6.76. The highest BCUT2D eigenvalue weighted by Crippen LogP contribution is 2.19. The van der Waals surface area contributed by atoms with Crippen molar-refractivity contribution in [3.05, 3.63) is 35.9 Å². The van der Waals surface area contributed by atoms with Crippen LogP contribution in [0.15, 0.2) is 30.3 Å². The zero-order chi connectivity index (χ0) is 113. The number of hydrogen-bond donors (Lipinski definition) is 28. The fraction of sp³-hybridized carbons (Fsp3) is 0.755. The van der Waals surface area contributed by atoms with Gasteiger partial charge in [0.1, 0.15) is 109 Å². The quantitative estimate of drug-likeness (QED) is 0.0306. The van der Waals surface area contributed by atoms with Gasteiger partial charge in [-0.05, 0) is 315 Å². The number of amides is 18. The molecular weight excluding hydrogens is 1920 g/mol. The zero-order valence-electron chi connectivity index (χ0n) is 91.0. The number of nitrogens with one attached hydrogen (secondary N) is 18. The number of aliphatic carboxylic acids is 1. The van der Waals surface area contributed by atoms with Crippen LogP contribution in [0.25, 0.3) is 0 Å². The Morgan fingerprint density at radius 3 is 0.530 bits per heavy atom. The lowest BCUT2D eigenvalue weighted by molar-refractivity contribution is -0.142. The average molecular weight is 2110 g/mol. The molecule has 0 fully saturated rings. The molecule has 149 heavy (non-hydrogen) atoms. The molecular formula is C102H187N27O20. The third-order valence-electron chi connectivity index (χ3n) is 24.7. The molecule has 47 nitrogen and oxygen atoms in total. The standard InChI is InChI=1S/C102H187N27O20/c1-59(2)53-79(97(143)115-67(14)87(133)124-78(102(148)149)44-26-34-52-110)125-88(134)68(15)116-100(146)80(54-60(3)4)126-93(139)73(39-21-29-47-105)119-86(132)66(13)114-99(145)82(56-62(7)8)128-95(141)76(42-24-32-50-108)122-92(138)74(40-22-30-48-106)123-101(147)83(57-63(9)10)129-96(142)77(43-25-33-51-109)121-91(137)72(38-20-28-46-104)118-85(131)65(12)113-98(144)81(55-61(5)6)127-94(140)75(41-23-31-49-107)120-90(136)71(37-19-27-45-103)117-84(130)64(11)112-89(135)70(111)58-69-35-17-16-18-36-69/h16-18,35-36,59-68,70-83H,19-34,37-58,103-111H2,1-15H3,(H,112,135)(H,113,144)(H,114,145)(H,115,143)(H,116,146)(H,117,130)(H,118,131)(H,119,132)(H,120,136)(H,121,137)(H,122,138)(H,123,147)(H,124,133)(H,125,134)(H,126,139)(H,127,140)(H,128,141)(H,129,142)(H,148,149)/t64-,65-,66-,67-,68-,70-,71-,72-,73-,74-,75-,76-,77-,78-,79-,80-,81-,82-,83-/m0/s1. The second-order valence-electron chi connectivity index (χ2n) is 41.0. The first-order valence-electron chi connectivity index (χ1n) is 53.6. The van der Waals surface area contributed by atoms with E-state index in [1.54, 1.807) is 69.2 Å². The van der Waals surface area contributed by atoms with Crippen molar-refractivity contribution >= 4 is 112 Å². The Hall–Kier alpha value is -11.2. The molecule has 0 heterocycles. The molecule has 0 aliphatic carbocycles. The predicted molar refractivity (Wildman–Crippen MR) is 569 cm³/mol. The van der Waals surface area contributed by atoms with Crippen LogP contribution in [0.5, 0.6) is 0 Å². The normalized spacial score (nSPS) is 15.3. The second kappa shape index (κ2) is 76.3. The molecule has 0 unspecified atom stereocenters. The molecule has 0 saturated heterocycles. The van der Waals surface area contributed by atoms with Gasteiger partial charge in [-0.1, -0.05) is 99.6 Å². The summed E-state index contributed by atoms with van der Waals surface area (Å²) in [4.78, 5) is 269. The van der Waals surface area contributed by atoms with Crippen LogP contribution in [0, 0.1) is 29.6 Å². The minimum Gasteiger partial charge on any atom is -0.480 e. The summed E-state index contributed by atoms with van der Waals surface area (Å²) >= 11 is 0. The summed E-state index contributed by atoms with van der Waals surface area (Å²) < 4.78 is 0. The van der Waals surface area contributed by atoms with Gasteiger partial charge in [-0.15, -0.1) is 0 Å². The van der Waals surface area contributed by atoms with Crippen LogP contribution < -0.4 is 147 Å². The maximum atomic E-state index is 14.9. The Labute approximate surface area is 880 Å². The van der Waals surface area contributed by atoms with E-state index in [-0.39, 0.29) is 172 Å². The Morgan fingerprint density at radius 2 is 0.349 bits per heavy atom. The first-order chi connectivity index (χ1) is 70.5. The van der Waals surface area contributed by atoms with E-state index in [9.17, 15) is 96.2 Å². The van der Waals surface area contributed by atoms with Crippen LogP contribution in [0.2, 0.25) is 0 Å². The van der Waals surface area contributed by atoms with Gasteiger partial charge in [0, 0.05) is 0 Å². The van der Waals surface area contributed by atoms with Gasteiger partial charge in [-0.25, -0.2) is 4.79 Å². The Balaban J connectivity index is 3.63. The average Bonchev–Trinajstić information content (AvgIpc) is 0.836. The van der Waals surface area contributed by atoms with Crippen molar-refractivity contribution in [3.63, 3.8) is 0 Å². The van der Waals surface area contributed by atoms with Gasteiger partial charge in [0.15, 0.2) is 0 Å². The molecule has 18 amide bonds. The third kappa shape index (κ3) is 57.0. The van der Waals surface area contributed by atoms with Crippen LogP contribution in [-0.4, -0.2) is 285 Å². The van der Waals surface area contributed by atoms with Crippen molar-refractivity contribution in [2.45, 2.75) is 411 Å². The van der Waals surface area contributed by atoms with E-state index < -0.39 is 227 Å². The molecule has 850 valence electrons. The number of carbonyl (C=O) groups is 19. The minimum atomic E-state index is -1.38. The van der Waals surface area contributed by atoms with E-state index in [2.05, 4.69) is 95.7 Å². The fourth-order valence-electron chi connectivity index (χ4n) is 16.1. The summed E-state index contributed by atoms with van der Waals surface area (Å²) in [5.41, 5.74) is 53.8. The highest BCUT2D eigenvalue weighted by molar-refractivity contribution is 6.02. The second-order valence-corrected chi connectivity index (χ2v) is 41.0. The molecule has 0 spiro atoms. The van der Waals surface area contributed by atoms with E-state index in [1.807, 2.05) is 30.3 Å².